The lowest BCUT2D eigenvalue weighted by Crippen LogP contribution is -2.61. The van der Waals surface area contributed by atoms with E-state index >= 15 is 0 Å². The second kappa shape index (κ2) is 4.57. The summed E-state index contributed by atoms with van der Waals surface area (Å²) in [5.74, 6) is 2.12. The molecule has 4 bridgehead atoms. The highest BCUT2D eigenvalue weighted by Gasteiger charge is 2.64. The zero-order valence-electron chi connectivity index (χ0n) is 11.6. The average molecular weight is 265 g/mol. The van der Waals surface area contributed by atoms with E-state index in [9.17, 15) is 14.9 Å². The third-order valence-corrected chi connectivity index (χ3v) is 6.09. The third kappa shape index (κ3) is 1.91. The molecule has 19 heavy (non-hydrogen) atoms. The molecule has 0 spiro atoms. The van der Waals surface area contributed by atoms with Crippen molar-refractivity contribution in [1.29, 1.82) is 0 Å². The van der Waals surface area contributed by atoms with Gasteiger partial charge in [-0.15, -0.1) is 0 Å². The molecule has 0 radical (unpaired) electrons. The first-order chi connectivity index (χ1) is 9.06. The average Bonchev–Trinajstić information content (AvgIpc) is 2.36. The molecule has 0 aromatic carbocycles. The Labute approximate surface area is 114 Å². The van der Waals surface area contributed by atoms with Crippen LogP contribution in [0.5, 0.6) is 0 Å². The first kappa shape index (κ1) is 13.1. The Kier molecular flexibility index (Phi) is 3.14. The Morgan fingerprint density at radius 1 is 1.16 bits per heavy atom. The first-order valence-electron chi connectivity index (χ1n) is 7.72. The Balaban J connectivity index is 1.84. The van der Waals surface area contributed by atoms with E-state index < -0.39 is 5.54 Å². The zero-order valence-corrected chi connectivity index (χ0v) is 11.6. The van der Waals surface area contributed by atoms with E-state index in [0.717, 1.165) is 37.5 Å². The summed E-state index contributed by atoms with van der Waals surface area (Å²) >= 11 is 0. The molecule has 0 atom stereocenters. The summed E-state index contributed by atoms with van der Waals surface area (Å²) in [7, 11) is 0. The van der Waals surface area contributed by atoms with Crippen LogP contribution < -0.4 is 0 Å². The fraction of sp³-hybridized carbons (Fsp3) is 0.933. The third-order valence-electron chi connectivity index (χ3n) is 6.09. The summed E-state index contributed by atoms with van der Waals surface area (Å²) in [4.78, 5) is 23.4. The van der Waals surface area contributed by atoms with Crippen LogP contribution in [0.15, 0.2) is 0 Å². The molecule has 0 amide bonds. The number of nitrogens with zero attached hydrogens (tertiary/aromatic N) is 1. The normalized spacial score (nSPS) is 43.4. The molecular weight excluding hydrogens is 242 g/mol. The highest BCUT2D eigenvalue weighted by Crippen LogP contribution is 2.60. The van der Waals surface area contributed by atoms with E-state index in [1.54, 1.807) is 0 Å². The summed E-state index contributed by atoms with van der Waals surface area (Å²) in [5.41, 5.74) is -0.766. The van der Waals surface area contributed by atoms with Gasteiger partial charge in [-0.2, -0.15) is 0 Å². The SMILES string of the molecule is CCC(=O)CCC1([N+](=O)[O-])C2CC3CC(C2)CC1C3. The lowest BCUT2D eigenvalue weighted by Gasteiger charge is -2.56. The minimum absolute atomic E-state index is 0.00301. The van der Waals surface area contributed by atoms with Crippen LogP contribution in [0.25, 0.3) is 0 Å². The Hall–Kier alpha value is -0.930. The molecule has 4 rings (SSSR count). The highest BCUT2D eigenvalue weighted by atomic mass is 16.6. The number of hydrogen-bond donors (Lipinski definition) is 0. The van der Waals surface area contributed by atoms with Gasteiger partial charge in [0.05, 0.1) is 0 Å². The molecule has 4 fully saturated rings. The maximum absolute atomic E-state index is 11.8. The van der Waals surface area contributed by atoms with Gasteiger partial charge in [0, 0.05) is 36.0 Å². The topological polar surface area (TPSA) is 60.2 Å². The Morgan fingerprint density at radius 2 is 1.68 bits per heavy atom. The lowest BCUT2D eigenvalue weighted by molar-refractivity contribution is -0.605. The molecule has 4 heteroatoms. The standard InChI is InChI=1S/C15H23NO3/c1-2-14(17)3-4-15(16(18)19)12-6-10-5-11(8-12)9-13(15)7-10/h10-13H,2-9H2,1H3. The van der Waals surface area contributed by atoms with Gasteiger partial charge in [-0.25, -0.2) is 0 Å². The molecule has 4 nitrogen and oxygen atoms in total. The number of carbonyl (C=O) groups is 1. The molecule has 106 valence electrons. The summed E-state index contributed by atoms with van der Waals surface area (Å²) in [6, 6.07) is 0. The van der Waals surface area contributed by atoms with E-state index in [-0.39, 0.29) is 22.5 Å². The molecule has 4 aliphatic rings. The highest BCUT2D eigenvalue weighted by molar-refractivity contribution is 5.78. The van der Waals surface area contributed by atoms with Gasteiger partial charge in [-0.3, -0.25) is 14.9 Å². The number of ketones is 1. The first-order valence-corrected chi connectivity index (χ1v) is 7.72. The fourth-order valence-electron chi connectivity index (χ4n) is 5.31. The van der Waals surface area contributed by atoms with E-state index in [1.807, 2.05) is 6.92 Å². The van der Waals surface area contributed by atoms with Crippen LogP contribution >= 0.6 is 0 Å². The molecule has 0 aromatic rings. The molecule has 0 N–H and O–H groups in total. The zero-order chi connectivity index (χ0) is 13.6. The van der Waals surface area contributed by atoms with Crippen molar-refractivity contribution in [2.24, 2.45) is 23.7 Å². The largest absolute Gasteiger partial charge is 0.300 e. The van der Waals surface area contributed by atoms with E-state index in [0.29, 0.717) is 19.3 Å². The predicted octanol–water partition coefficient (Wildman–Crippen LogP) is 3.22. The van der Waals surface area contributed by atoms with Crippen LogP contribution in [0.3, 0.4) is 0 Å². The van der Waals surface area contributed by atoms with Crippen molar-refractivity contribution in [3.05, 3.63) is 10.1 Å². The van der Waals surface area contributed by atoms with Gasteiger partial charge in [-0.05, 0) is 43.9 Å². The quantitative estimate of drug-likeness (QED) is 0.566. The molecule has 0 heterocycles. The summed E-state index contributed by atoms with van der Waals surface area (Å²) in [6.07, 6.45) is 6.84. The van der Waals surface area contributed by atoms with Crippen LogP contribution in [-0.2, 0) is 4.79 Å². The summed E-state index contributed by atoms with van der Waals surface area (Å²) in [6.45, 7) is 1.85. The molecule has 0 aromatic heterocycles. The number of carbonyl (C=O) groups excluding carboxylic acids is 1. The van der Waals surface area contributed by atoms with Gasteiger partial charge in [0.15, 0.2) is 0 Å². The van der Waals surface area contributed by atoms with Crippen LogP contribution in [0.1, 0.15) is 58.3 Å². The van der Waals surface area contributed by atoms with Crippen molar-refractivity contribution < 1.29 is 9.72 Å². The van der Waals surface area contributed by atoms with Crippen molar-refractivity contribution >= 4 is 5.78 Å². The second-order valence-electron chi connectivity index (χ2n) is 6.94. The molecule has 4 saturated carbocycles. The van der Waals surface area contributed by atoms with Gasteiger partial charge in [0.1, 0.15) is 5.78 Å². The molecular formula is C15H23NO3. The van der Waals surface area contributed by atoms with E-state index in [4.69, 9.17) is 0 Å². The van der Waals surface area contributed by atoms with Crippen LogP contribution in [-0.4, -0.2) is 16.2 Å². The fourth-order valence-corrected chi connectivity index (χ4v) is 5.31. The molecule has 0 aliphatic heterocycles. The smallest absolute Gasteiger partial charge is 0.228 e. The van der Waals surface area contributed by atoms with Crippen molar-refractivity contribution in [3.8, 4) is 0 Å². The molecule has 0 saturated heterocycles. The number of nitro groups is 1. The Morgan fingerprint density at radius 3 is 2.11 bits per heavy atom. The minimum Gasteiger partial charge on any atom is -0.300 e. The van der Waals surface area contributed by atoms with Gasteiger partial charge >= 0.3 is 0 Å². The van der Waals surface area contributed by atoms with Crippen molar-refractivity contribution in [1.82, 2.24) is 0 Å². The van der Waals surface area contributed by atoms with Crippen molar-refractivity contribution in [3.63, 3.8) is 0 Å². The minimum atomic E-state index is -0.766. The van der Waals surface area contributed by atoms with Gasteiger partial charge in [0.25, 0.3) is 0 Å². The number of rotatable bonds is 5. The maximum atomic E-state index is 11.8. The number of Topliss-reactive ketones (excluding diaryl/α,β-unsaturated/α-hetero) is 1. The van der Waals surface area contributed by atoms with Crippen LogP contribution in [0, 0.1) is 33.8 Å². The monoisotopic (exact) mass is 265 g/mol. The van der Waals surface area contributed by atoms with Gasteiger partial charge < -0.3 is 0 Å². The maximum Gasteiger partial charge on any atom is 0.228 e. The Bertz CT molecular complexity index is 376. The summed E-state index contributed by atoms with van der Waals surface area (Å²) < 4.78 is 0. The van der Waals surface area contributed by atoms with Crippen LogP contribution in [0.4, 0.5) is 0 Å². The molecule has 4 aliphatic carbocycles. The van der Waals surface area contributed by atoms with Crippen molar-refractivity contribution in [2.75, 3.05) is 0 Å². The van der Waals surface area contributed by atoms with E-state index in [1.165, 1.54) is 6.42 Å². The predicted molar refractivity (Wildman–Crippen MR) is 71.3 cm³/mol. The van der Waals surface area contributed by atoms with Crippen molar-refractivity contribution in [2.45, 2.75) is 63.8 Å². The summed E-state index contributed by atoms with van der Waals surface area (Å²) in [5, 5.41) is 11.8. The number of hydrogen-bond acceptors (Lipinski definition) is 3. The van der Waals surface area contributed by atoms with E-state index in [2.05, 4.69) is 0 Å². The van der Waals surface area contributed by atoms with Crippen LogP contribution in [0.2, 0.25) is 0 Å². The second-order valence-corrected chi connectivity index (χ2v) is 6.94. The lowest BCUT2D eigenvalue weighted by atomic mass is 9.48. The van der Waals surface area contributed by atoms with Gasteiger partial charge in [0.2, 0.25) is 5.54 Å². The van der Waals surface area contributed by atoms with Gasteiger partial charge in [-0.1, -0.05) is 6.92 Å². The molecule has 0 unspecified atom stereocenters.